The van der Waals surface area contributed by atoms with Crippen LogP contribution in [0.2, 0.25) is 0 Å². The maximum absolute atomic E-state index is 12.8. The predicted octanol–water partition coefficient (Wildman–Crippen LogP) is 2.69. The summed E-state index contributed by atoms with van der Waals surface area (Å²) in [7, 11) is 0. The van der Waals surface area contributed by atoms with Crippen molar-refractivity contribution in [3.05, 3.63) is 65.0 Å². The van der Waals surface area contributed by atoms with Crippen LogP contribution < -0.4 is 0 Å². The van der Waals surface area contributed by atoms with Crippen LogP contribution in [0.3, 0.4) is 0 Å². The molecule has 0 spiro atoms. The van der Waals surface area contributed by atoms with Crippen LogP contribution in [0, 0.1) is 13.8 Å². The topological polar surface area (TPSA) is 53.5 Å². The van der Waals surface area contributed by atoms with E-state index < -0.39 is 0 Å². The van der Waals surface area contributed by atoms with E-state index in [4.69, 9.17) is 0 Å². The van der Waals surface area contributed by atoms with Crippen molar-refractivity contribution in [3.8, 4) is 0 Å². The molecule has 0 saturated carbocycles. The third-order valence-corrected chi connectivity index (χ3v) is 4.59. The lowest BCUT2D eigenvalue weighted by Crippen LogP contribution is -2.37. The number of nitrogens with zero attached hydrogens (tertiary/aromatic N) is 3. The Labute approximate surface area is 148 Å². The van der Waals surface area contributed by atoms with E-state index in [1.807, 2.05) is 41.8 Å². The number of rotatable bonds is 2. The van der Waals surface area contributed by atoms with Gasteiger partial charge in [0.25, 0.3) is 11.8 Å². The molecule has 2 aromatic rings. The zero-order valence-electron chi connectivity index (χ0n) is 14.7. The molecule has 130 valence electrons. The highest BCUT2D eigenvalue weighted by Gasteiger charge is 2.24. The molecule has 0 atom stereocenters. The average molecular weight is 337 g/mol. The van der Waals surface area contributed by atoms with Crippen molar-refractivity contribution in [1.82, 2.24) is 14.8 Å². The van der Waals surface area contributed by atoms with Crippen LogP contribution in [0.5, 0.6) is 0 Å². The van der Waals surface area contributed by atoms with Crippen molar-refractivity contribution in [1.29, 1.82) is 0 Å². The van der Waals surface area contributed by atoms with Gasteiger partial charge in [0.15, 0.2) is 0 Å². The first-order valence-electron chi connectivity index (χ1n) is 8.62. The molecule has 1 fully saturated rings. The van der Waals surface area contributed by atoms with E-state index in [-0.39, 0.29) is 11.8 Å². The molecule has 5 nitrogen and oxygen atoms in total. The number of hydrogen-bond acceptors (Lipinski definition) is 3. The maximum atomic E-state index is 12.8. The third-order valence-electron chi connectivity index (χ3n) is 4.59. The second-order valence-electron chi connectivity index (χ2n) is 6.50. The highest BCUT2D eigenvalue weighted by molar-refractivity contribution is 5.96. The fourth-order valence-corrected chi connectivity index (χ4v) is 3.22. The van der Waals surface area contributed by atoms with Crippen LogP contribution in [0.4, 0.5) is 0 Å². The number of amides is 2. The van der Waals surface area contributed by atoms with E-state index in [0.29, 0.717) is 31.7 Å². The maximum Gasteiger partial charge on any atom is 0.255 e. The summed E-state index contributed by atoms with van der Waals surface area (Å²) < 4.78 is 0. The van der Waals surface area contributed by atoms with E-state index in [1.54, 1.807) is 24.5 Å². The summed E-state index contributed by atoms with van der Waals surface area (Å²) in [5.41, 5.74) is 3.49. The average Bonchev–Trinajstić information content (AvgIpc) is 2.87. The Morgan fingerprint density at radius 2 is 1.68 bits per heavy atom. The highest BCUT2D eigenvalue weighted by atomic mass is 16.2. The smallest absolute Gasteiger partial charge is 0.255 e. The summed E-state index contributed by atoms with van der Waals surface area (Å²) in [5.74, 6) is 0.0297. The lowest BCUT2D eigenvalue weighted by Gasteiger charge is -2.23. The van der Waals surface area contributed by atoms with Crippen molar-refractivity contribution in [2.75, 3.05) is 26.2 Å². The van der Waals surface area contributed by atoms with Gasteiger partial charge in [-0.1, -0.05) is 17.7 Å². The Morgan fingerprint density at radius 1 is 0.960 bits per heavy atom. The minimum absolute atomic E-state index is 0.0195. The van der Waals surface area contributed by atoms with Crippen LogP contribution in [0.25, 0.3) is 0 Å². The minimum atomic E-state index is -0.0195. The van der Waals surface area contributed by atoms with Gasteiger partial charge in [0, 0.05) is 44.1 Å². The molecule has 2 amide bonds. The lowest BCUT2D eigenvalue weighted by molar-refractivity contribution is 0.0718. The van der Waals surface area contributed by atoms with Crippen LogP contribution >= 0.6 is 0 Å². The monoisotopic (exact) mass is 337 g/mol. The third kappa shape index (κ3) is 3.87. The van der Waals surface area contributed by atoms with E-state index in [9.17, 15) is 9.59 Å². The molecule has 1 saturated heterocycles. The molecule has 1 aliphatic rings. The molecule has 25 heavy (non-hydrogen) atoms. The van der Waals surface area contributed by atoms with Gasteiger partial charge in [0.2, 0.25) is 0 Å². The summed E-state index contributed by atoms with van der Waals surface area (Å²) in [6.45, 7) is 6.42. The zero-order chi connectivity index (χ0) is 17.8. The van der Waals surface area contributed by atoms with Gasteiger partial charge in [0.05, 0.1) is 5.56 Å². The largest absolute Gasteiger partial charge is 0.337 e. The Hall–Kier alpha value is -2.69. The van der Waals surface area contributed by atoms with Crippen molar-refractivity contribution < 1.29 is 9.59 Å². The Morgan fingerprint density at radius 3 is 2.32 bits per heavy atom. The Kier molecular flexibility index (Phi) is 5.12. The minimum Gasteiger partial charge on any atom is -0.337 e. The highest BCUT2D eigenvalue weighted by Crippen LogP contribution is 2.15. The molecular formula is C20H23N3O2. The molecule has 0 N–H and O–H groups in total. The van der Waals surface area contributed by atoms with Crippen molar-refractivity contribution in [2.45, 2.75) is 20.3 Å². The van der Waals surface area contributed by atoms with E-state index in [0.717, 1.165) is 23.1 Å². The summed E-state index contributed by atoms with van der Waals surface area (Å²) in [6.07, 6.45) is 4.03. The second kappa shape index (κ2) is 7.47. The van der Waals surface area contributed by atoms with Gasteiger partial charge in [-0.2, -0.15) is 0 Å². The van der Waals surface area contributed by atoms with Gasteiger partial charge in [-0.05, 0) is 44.0 Å². The zero-order valence-corrected chi connectivity index (χ0v) is 14.7. The fraction of sp³-hybridized carbons (Fsp3) is 0.350. The Balaban J connectivity index is 1.69. The molecule has 1 aliphatic heterocycles. The molecular weight excluding hydrogens is 314 g/mol. The molecule has 0 radical (unpaired) electrons. The summed E-state index contributed by atoms with van der Waals surface area (Å²) >= 11 is 0. The molecule has 0 unspecified atom stereocenters. The van der Waals surface area contributed by atoms with Gasteiger partial charge in [-0.3, -0.25) is 14.6 Å². The molecule has 1 aromatic heterocycles. The first-order chi connectivity index (χ1) is 12.1. The first-order valence-corrected chi connectivity index (χ1v) is 8.62. The van der Waals surface area contributed by atoms with Crippen molar-refractivity contribution in [2.24, 2.45) is 0 Å². The number of aromatic nitrogens is 1. The predicted molar refractivity (Wildman–Crippen MR) is 96.6 cm³/mol. The number of pyridine rings is 1. The standard InChI is InChI=1S/C20H23N3O2/c1-15-6-7-18(16(2)13-15)20(25)23-10-4-9-22(11-12-23)19(24)17-5-3-8-21-14-17/h3,5-8,13-14H,4,9-12H2,1-2H3. The molecule has 1 aromatic carbocycles. The summed E-state index contributed by atoms with van der Waals surface area (Å²) in [6, 6.07) is 9.44. The van der Waals surface area contributed by atoms with Crippen LogP contribution in [-0.2, 0) is 0 Å². The quantitative estimate of drug-likeness (QED) is 0.847. The summed E-state index contributed by atoms with van der Waals surface area (Å²) in [5, 5.41) is 0. The van der Waals surface area contributed by atoms with Crippen LogP contribution in [-0.4, -0.2) is 52.8 Å². The van der Waals surface area contributed by atoms with Gasteiger partial charge < -0.3 is 9.80 Å². The lowest BCUT2D eigenvalue weighted by atomic mass is 10.0. The van der Waals surface area contributed by atoms with Gasteiger partial charge >= 0.3 is 0 Å². The number of hydrogen-bond donors (Lipinski definition) is 0. The van der Waals surface area contributed by atoms with Crippen LogP contribution in [0.1, 0.15) is 38.3 Å². The van der Waals surface area contributed by atoms with E-state index in [1.165, 1.54) is 0 Å². The number of carbonyl (C=O) groups excluding carboxylic acids is 2. The normalized spacial score (nSPS) is 15.0. The SMILES string of the molecule is Cc1ccc(C(=O)N2CCCN(C(=O)c3cccnc3)CC2)c(C)c1. The fourth-order valence-electron chi connectivity index (χ4n) is 3.22. The number of aryl methyl sites for hydroxylation is 2. The summed E-state index contributed by atoms with van der Waals surface area (Å²) in [4.78, 5) is 33.1. The molecule has 5 heteroatoms. The first kappa shape index (κ1) is 17.1. The van der Waals surface area contributed by atoms with E-state index in [2.05, 4.69) is 4.98 Å². The molecule has 2 heterocycles. The number of carbonyl (C=O) groups is 2. The van der Waals surface area contributed by atoms with Gasteiger partial charge in [-0.25, -0.2) is 0 Å². The molecule has 3 rings (SSSR count). The molecule has 0 aliphatic carbocycles. The second-order valence-corrected chi connectivity index (χ2v) is 6.50. The number of benzene rings is 1. The Bertz CT molecular complexity index is 774. The van der Waals surface area contributed by atoms with Crippen LogP contribution in [0.15, 0.2) is 42.7 Å². The van der Waals surface area contributed by atoms with Gasteiger partial charge in [0.1, 0.15) is 0 Å². The van der Waals surface area contributed by atoms with E-state index >= 15 is 0 Å². The van der Waals surface area contributed by atoms with Gasteiger partial charge in [-0.15, -0.1) is 0 Å². The van der Waals surface area contributed by atoms with Crippen molar-refractivity contribution >= 4 is 11.8 Å². The molecule has 0 bridgehead atoms. The van der Waals surface area contributed by atoms with Crippen molar-refractivity contribution in [3.63, 3.8) is 0 Å².